The number of hydrogen-bond donors (Lipinski definition) is 0. The molecule has 4 rings (SSSR count). The number of hydrogen-bond acceptors (Lipinski definition) is 1. The Balaban J connectivity index is 1.59. The molecule has 0 aromatic heterocycles. The molecule has 0 aliphatic rings. The second-order valence-electron chi connectivity index (χ2n) is 10.1. The fraction of sp³-hybridized carbons (Fsp3) is 0.212. The van der Waals surface area contributed by atoms with Crippen LogP contribution in [-0.4, -0.2) is 0 Å². The number of unbranched alkanes of at least 4 members (excludes halogenated alkanes) is 2. The first-order valence-corrected chi connectivity index (χ1v) is 13.5. The van der Waals surface area contributed by atoms with Crippen LogP contribution in [0, 0.1) is 58.4 Å². The molecule has 0 heterocycles. The van der Waals surface area contributed by atoms with Crippen LogP contribution in [0.5, 0.6) is 5.75 Å². The van der Waals surface area contributed by atoms with E-state index in [2.05, 4.69) is 4.74 Å². The predicted molar refractivity (Wildman–Crippen MR) is 143 cm³/mol. The van der Waals surface area contributed by atoms with Crippen LogP contribution < -0.4 is 4.74 Å². The molecule has 0 saturated carbocycles. The highest BCUT2D eigenvalue weighted by Crippen LogP contribution is 2.38. The van der Waals surface area contributed by atoms with Crippen LogP contribution in [0.2, 0.25) is 0 Å². The minimum atomic E-state index is -5.44. The smallest absolute Gasteiger partial charge is 0.429 e. The molecule has 4 aromatic carbocycles. The van der Waals surface area contributed by atoms with Crippen molar-refractivity contribution in [1.82, 2.24) is 0 Å². The van der Waals surface area contributed by atoms with E-state index in [0.29, 0.717) is 30.7 Å². The molecular weight excluding hydrogens is 659 g/mol. The molecule has 14 heteroatoms. The van der Waals surface area contributed by atoms with Gasteiger partial charge in [0.2, 0.25) is 0 Å². The quantitative estimate of drug-likeness (QED) is 0.102. The van der Waals surface area contributed by atoms with Crippen LogP contribution >= 0.6 is 0 Å². The third-order valence-corrected chi connectivity index (χ3v) is 6.71. The molecule has 0 aliphatic carbocycles. The van der Waals surface area contributed by atoms with Gasteiger partial charge in [-0.3, -0.25) is 0 Å². The van der Waals surface area contributed by atoms with Crippen LogP contribution in [0.4, 0.5) is 57.1 Å². The minimum absolute atomic E-state index is 0.0586. The van der Waals surface area contributed by atoms with E-state index in [1.165, 1.54) is 0 Å². The third kappa shape index (κ3) is 7.84. The van der Waals surface area contributed by atoms with Gasteiger partial charge in [0.25, 0.3) is 0 Å². The van der Waals surface area contributed by atoms with Crippen LogP contribution in [0.25, 0.3) is 11.1 Å². The SMILES string of the molecule is CCCCCc1cc(F)c(C(F)(F)Oc2cc(F)c(C#Cc3cc(F)c(-c4cc(F)c(C(F)(F)F)c(F)c4)c(F)c3)c(F)c2)c(F)c1. The van der Waals surface area contributed by atoms with Crippen molar-refractivity contribution in [1.29, 1.82) is 0 Å². The Morgan fingerprint density at radius 3 is 1.57 bits per heavy atom. The molecule has 47 heavy (non-hydrogen) atoms. The molecule has 0 saturated heterocycles. The predicted octanol–water partition coefficient (Wildman–Crippen LogP) is 10.7. The fourth-order valence-corrected chi connectivity index (χ4v) is 4.60. The van der Waals surface area contributed by atoms with Crippen LogP contribution in [0.1, 0.15) is 54.0 Å². The van der Waals surface area contributed by atoms with Crippen LogP contribution in [0.3, 0.4) is 0 Å². The van der Waals surface area contributed by atoms with Gasteiger partial charge in [-0.05, 0) is 60.4 Å². The van der Waals surface area contributed by atoms with Gasteiger partial charge in [0.1, 0.15) is 63.4 Å². The summed E-state index contributed by atoms with van der Waals surface area (Å²) in [5, 5.41) is 0. The molecule has 0 N–H and O–H groups in total. The second-order valence-corrected chi connectivity index (χ2v) is 10.1. The summed E-state index contributed by atoms with van der Waals surface area (Å²) in [7, 11) is 0. The summed E-state index contributed by atoms with van der Waals surface area (Å²) in [6, 6.07) is 2.84. The minimum Gasteiger partial charge on any atom is -0.429 e. The maximum Gasteiger partial charge on any atom is 0.432 e. The van der Waals surface area contributed by atoms with Crippen molar-refractivity contribution in [2.45, 2.75) is 44.9 Å². The molecular formula is C33H19F13O. The van der Waals surface area contributed by atoms with Crippen molar-refractivity contribution in [2.75, 3.05) is 0 Å². The van der Waals surface area contributed by atoms with Gasteiger partial charge in [-0.15, -0.1) is 0 Å². The zero-order valence-corrected chi connectivity index (χ0v) is 23.8. The normalized spacial score (nSPS) is 11.8. The maximum absolute atomic E-state index is 14.7. The molecule has 4 aromatic rings. The Labute approximate surface area is 258 Å². The van der Waals surface area contributed by atoms with Crippen molar-refractivity contribution >= 4 is 0 Å². The zero-order valence-electron chi connectivity index (χ0n) is 23.8. The molecule has 0 unspecified atom stereocenters. The van der Waals surface area contributed by atoms with E-state index in [1.54, 1.807) is 0 Å². The molecule has 0 radical (unpaired) electrons. The summed E-state index contributed by atoms with van der Waals surface area (Å²) >= 11 is 0. The number of halogens is 13. The summed E-state index contributed by atoms with van der Waals surface area (Å²) in [5.74, 6) is -11.3. The van der Waals surface area contributed by atoms with Crippen molar-refractivity contribution < 1.29 is 61.8 Å². The molecule has 0 bridgehead atoms. The maximum atomic E-state index is 14.7. The van der Waals surface area contributed by atoms with Crippen molar-refractivity contribution in [3.8, 4) is 28.7 Å². The molecule has 248 valence electrons. The van der Waals surface area contributed by atoms with Crippen LogP contribution in [0.15, 0.2) is 48.5 Å². The lowest BCUT2D eigenvalue weighted by Crippen LogP contribution is -2.25. The van der Waals surface area contributed by atoms with E-state index in [-0.39, 0.29) is 36.2 Å². The third-order valence-electron chi connectivity index (χ3n) is 6.71. The number of aryl methyl sites for hydroxylation is 1. The molecule has 0 amide bonds. The Hall–Kier alpha value is -4.67. The van der Waals surface area contributed by atoms with Gasteiger partial charge < -0.3 is 4.74 Å². The number of ether oxygens (including phenoxy) is 1. The van der Waals surface area contributed by atoms with E-state index >= 15 is 0 Å². The molecule has 0 spiro atoms. The first kappa shape index (κ1) is 35.2. The van der Waals surface area contributed by atoms with Crippen molar-refractivity contribution in [3.05, 3.63) is 123 Å². The standard InChI is InChI=1S/C33H19F13O/c1-2-3-4-5-16-10-25(38)31(26(39)11-16)33(45,46)47-19-14-21(34)20(22(35)15-19)7-6-17-8-23(36)29(24(37)9-17)18-12-27(40)30(28(41)13-18)32(42,43)44/h8-15H,2-5H2,1H3. The van der Waals surface area contributed by atoms with E-state index in [4.69, 9.17) is 0 Å². The van der Waals surface area contributed by atoms with Gasteiger partial charge in [0.15, 0.2) is 0 Å². The molecule has 0 atom stereocenters. The lowest BCUT2D eigenvalue weighted by atomic mass is 10.00. The highest BCUT2D eigenvalue weighted by atomic mass is 19.4. The largest absolute Gasteiger partial charge is 0.432 e. The topological polar surface area (TPSA) is 9.23 Å². The Morgan fingerprint density at radius 1 is 0.574 bits per heavy atom. The van der Waals surface area contributed by atoms with E-state index in [9.17, 15) is 57.1 Å². The van der Waals surface area contributed by atoms with Crippen molar-refractivity contribution in [3.63, 3.8) is 0 Å². The number of rotatable bonds is 8. The highest BCUT2D eigenvalue weighted by Gasteiger charge is 2.41. The first-order chi connectivity index (χ1) is 21.9. The average Bonchev–Trinajstić information content (AvgIpc) is 2.90. The lowest BCUT2D eigenvalue weighted by Gasteiger charge is -2.20. The van der Waals surface area contributed by atoms with Gasteiger partial charge in [0, 0.05) is 17.7 Å². The molecule has 1 nitrogen and oxygen atoms in total. The molecule has 0 fully saturated rings. The fourth-order valence-electron chi connectivity index (χ4n) is 4.60. The van der Waals surface area contributed by atoms with Gasteiger partial charge in [-0.25, -0.2) is 35.1 Å². The van der Waals surface area contributed by atoms with Gasteiger partial charge >= 0.3 is 12.3 Å². The molecule has 0 aliphatic heterocycles. The van der Waals surface area contributed by atoms with E-state index in [0.717, 1.165) is 12.8 Å². The summed E-state index contributed by atoms with van der Waals surface area (Å²) < 4.78 is 188. The van der Waals surface area contributed by atoms with Gasteiger partial charge in [-0.1, -0.05) is 31.6 Å². The zero-order chi connectivity index (χ0) is 34.8. The van der Waals surface area contributed by atoms with Gasteiger partial charge in [0.05, 0.1) is 11.1 Å². The first-order valence-electron chi connectivity index (χ1n) is 13.5. The second kappa shape index (κ2) is 13.6. The lowest BCUT2D eigenvalue weighted by molar-refractivity contribution is -0.189. The van der Waals surface area contributed by atoms with E-state index < -0.39 is 98.0 Å². The summed E-state index contributed by atoms with van der Waals surface area (Å²) in [4.78, 5) is 0. The Morgan fingerprint density at radius 2 is 1.09 bits per heavy atom. The summed E-state index contributed by atoms with van der Waals surface area (Å²) in [6.45, 7) is 1.89. The average molecular weight is 678 g/mol. The Kier molecular flexibility index (Phi) is 10.2. The summed E-state index contributed by atoms with van der Waals surface area (Å²) in [5.41, 5.74) is -7.74. The van der Waals surface area contributed by atoms with Crippen molar-refractivity contribution in [2.24, 2.45) is 0 Å². The monoisotopic (exact) mass is 678 g/mol. The Bertz CT molecular complexity index is 1790. The number of benzene rings is 4. The number of alkyl halides is 5. The highest BCUT2D eigenvalue weighted by molar-refractivity contribution is 5.67. The van der Waals surface area contributed by atoms with Gasteiger partial charge in [-0.2, -0.15) is 22.0 Å². The summed E-state index contributed by atoms with van der Waals surface area (Å²) in [6.07, 6.45) is -7.85. The van der Waals surface area contributed by atoms with Crippen LogP contribution in [-0.2, 0) is 18.7 Å². The van der Waals surface area contributed by atoms with E-state index in [1.807, 2.05) is 18.8 Å².